The van der Waals surface area contributed by atoms with Crippen LogP contribution >= 0.6 is 0 Å². The van der Waals surface area contributed by atoms with E-state index in [1.165, 1.54) is 25.0 Å². The number of aliphatic carboxylic acids is 2. The van der Waals surface area contributed by atoms with E-state index in [0.717, 1.165) is 0 Å². The maximum Gasteiger partial charge on any atom is 0.326 e. The van der Waals surface area contributed by atoms with Crippen molar-refractivity contribution in [3.8, 4) is 0 Å². The Morgan fingerprint density at radius 2 is 1.35 bits per heavy atom. The van der Waals surface area contributed by atoms with Crippen molar-refractivity contribution in [2.45, 2.75) is 63.7 Å². The number of aromatic nitrogens is 4. The van der Waals surface area contributed by atoms with Crippen LogP contribution in [0, 0.1) is 5.92 Å². The van der Waals surface area contributed by atoms with Gasteiger partial charge >= 0.3 is 11.9 Å². The Labute approximate surface area is 212 Å². The largest absolute Gasteiger partial charge is 0.481 e. The number of amides is 3. The Hall–Kier alpha value is -4.27. The molecule has 2 aromatic heterocycles. The first-order valence-electron chi connectivity index (χ1n) is 11.6. The maximum atomic E-state index is 13.1. The Morgan fingerprint density at radius 3 is 1.81 bits per heavy atom. The lowest BCUT2D eigenvalue weighted by atomic mass is 9.99. The second-order valence-corrected chi connectivity index (χ2v) is 8.59. The van der Waals surface area contributed by atoms with Gasteiger partial charge in [-0.3, -0.25) is 19.2 Å². The number of imidazole rings is 2. The van der Waals surface area contributed by atoms with Crippen LogP contribution < -0.4 is 21.7 Å². The molecule has 0 aromatic carbocycles. The van der Waals surface area contributed by atoms with E-state index in [1.807, 2.05) is 6.92 Å². The fourth-order valence-electron chi connectivity index (χ4n) is 3.35. The van der Waals surface area contributed by atoms with Crippen molar-refractivity contribution in [1.29, 1.82) is 0 Å². The van der Waals surface area contributed by atoms with Crippen molar-refractivity contribution in [2.75, 3.05) is 0 Å². The van der Waals surface area contributed by atoms with Gasteiger partial charge in [0, 0.05) is 36.6 Å². The van der Waals surface area contributed by atoms with Crippen LogP contribution in [0.3, 0.4) is 0 Å². The summed E-state index contributed by atoms with van der Waals surface area (Å²) < 4.78 is 0. The first-order valence-corrected chi connectivity index (χ1v) is 11.6. The lowest BCUT2D eigenvalue weighted by Crippen LogP contribution is -2.58. The highest BCUT2D eigenvalue weighted by Crippen LogP contribution is 2.08. The van der Waals surface area contributed by atoms with Crippen LogP contribution in [-0.2, 0) is 36.8 Å². The monoisotopic (exact) mass is 520 g/mol. The number of nitrogens with two attached hydrogens (primary N) is 1. The number of aromatic amines is 2. The van der Waals surface area contributed by atoms with Crippen molar-refractivity contribution >= 4 is 29.7 Å². The van der Waals surface area contributed by atoms with E-state index in [1.54, 1.807) is 6.92 Å². The first-order chi connectivity index (χ1) is 17.5. The number of rotatable bonds is 15. The second-order valence-electron chi connectivity index (χ2n) is 8.59. The minimum Gasteiger partial charge on any atom is -0.481 e. The minimum absolute atomic E-state index is 0.100. The number of hydrogen-bond donors (Lipinski definition) is 8. The molecule has 0 aliphatic heterocycles. The molecule has 3 amide bonds. The third-order valence-electron chi connectivity index (χ3n) is 5.78. The van der Waals surface area contributed by atoms with Gasteiger partial charge in [-0.2, -0.15) is 0 Å². The van der Waals surface area contributed by atoms with Crippen LogP contribution in [0.1, 0.15) is 38.1 Å². The van der Waals surface area contributed by atoms with Crippen LogP contribution in [-0.4, -0.2) is 84.0 Å². The van der Waals surface area contributed by atoms with Crippen LogP contribution in [0.25, 0.3) is 0 Å². The minimum atomic E-state index is -1.53. The molecule has 2 rings (SSSR count). The molecule has 0 bridgehead atoms. The molecule has 37 heavy (non-hydrogen) atoms. The number of H-pyrrole nitrogens is 2. The number of carbonyl (C=O) groups excluding carboxylic acids is 3. The van der Waals surface area contributed by atoms with Gasteiger partial charge in [-0.05, 0) is 5.92 Å². The summed E-state index contributed by atoms with van der Waals surface area (Å²) in [6, 6.07) is -5.18. The SMILES string of the molecule is CCC(C)C(N)C(=O)NC(CC(=O)O)C(=O)NC(Cc1cnc[nH]1)C(=O)NC(Cc1cnc[nH]1)C(=O)O. The predicted octanol–water partition coefficient (Wildman–Crippen LogP) is -1.69. The topological polar surface area (TPSA) is 245 Å². The fraction of sp³-hybridized carbons (Fsp3) is 0.500. The second kappa shape index (κ2) is 13.7. The molecule has 202 valence electrons. The van der Waals surface area contributed by atoms with Gasteiger partial charge < -0.3 is 41.9 Å². The molecule has 0 saturated carbocycles. The van der Waals surface area contributed by atoms with Crippen LogP contribution in [0.15, 0.2) is 25.0 Å². The molecule has 15 heteroatoms. The predicted molar refractivity (Wildman–Crippen MR) is 128 cm³/mol. The first kappa shape index (κ1) is 29.0. The molecule has 2 aromatic rings. The zero-order valence-electron chi connectivity index (χ0n) is 20.4. The highest BCUT2D eigenvalue weighted by Gasteiger charge is 2.32. The molecule has 0 aliphatic rings. The van der Waals surface area contributed by atoms with Gasteiger partial charge in [0.2, 0.25) is 17.7 Å². The summed E-state index contributed by atoms with van der Waals surface area (Å²) in [5.41, 5.74) is 6.80. The number of carbonyl (C=O) groups is 5. The molecule has 0 saturated heterocycles. The number of nitrogens with zero attached hydrogens (tertiary/aromatic N) is 2. The number of carboxylic acid groups (broad SMARTS) is 2. The zero-order valence-corrected chi connectivity index (χ0v) is 20.4. The van der Waals surface area contributed by atoms with Crippen LogP contribution in [0.5, 0.6) is 0 Å². The van der Waals surface area contributed by atoms with E-state index in [4.69, 9.17) is 5.73 Å². The Bertz CT molecular complexity index is 1060. The standard InChI is InChI=1S/C22H32N8O7/c1-3-11(2)18(23)21(35)29-15(6-17(31)32)20(34)28-14(4-12-7-24-9-26-12)19(33)30-16(22(36)37)5-13-8-25-10-27-13/h7-11,14-16,18H,3-6,23H2,1-2H3,(H,24,26)(H,25,27)(H,28,34)(H,29,35)(H,30,33)(H,31,32)(H,36,37). The third-order valence-corrected chi connectivity index (χ3v) is 5.78. The summed E-state index contributed by atoms with van der Waals surface area (Å²) in [4.78, 5) is 74.9. The van der Waals surface area contributed by atoms with Crippen molar-refractivity contribution < 1.29 is 34.2 Å². The average molecular weight is 521 g/mol. The molecule has 0 spiro atoms. The molecule has 5 unspecified atom stereocenters. The molecule has 0 aliphatic carbocycles. The van der Waals surface area contributed by atoms with E-state index in [-0.39, 0.29) is 18.8 Å². The van der Waals surface area contributed by atoms with Crippen molar-refractivity contribution in [3.05, 3.63) is 36.4 Å². The van der Waals surface area contributed by atoms with Gasteiger partial charge in [0.1, 0.15) is 18.1 Å². The van der Waals surface area contributed by atoms with Gasteiger partial charge in [-0.1, -0.05) is 20.3 Å². The van der Waals surface area contributed by atoms with Gasteiger partial charge in [0.05, 0.1) is 25.1 Å². The molecular formula is C22H32N8O7. The van der Waals surface area contributed by atoms with Crippen molar-refractivity contribution in [1.82, 2.24) is 35.9 Å². The summed E-state index contributed by atoms with van der Waals surface area (Å²) in [7, 11) is 0. The van der Waals surface area contributed by atoms with Crippen molar-refractivity contribution in [3.63, 3.8) is 0 Å². The van der Waals surface area contributed by atoms with E-state index >= 15 is 0 Å². The van der Waals surface area contributed by atoms with Crippen LogP contribution in [0.2, 0.25) is 0 Å². The van der Waals surface area contributed by atoms with E-state index in [9.17, 15) is 34.2 Å². The molecule has 2 heterocycles. The summed E-state index contributed by atoms with van der Waals surface area (Å²) in [5.74, 6) is -5.41. The number of hydrogen-bond acceptors (Lipinski definition) is 8. The molecule has 9 N–H and O–H groups in total. The Kier molecular flexibility index (Phi) is 10.7. The lowest BCUT2D eigenvalue weighted by Gasteiger charge is -2.25. The lowest BCUT2D eigenvalue weighted by molar-refractivity contribution is -0.143. The molecular weight excluding hydrogens is 488 g/mol. The highest BCUT2D eigenvalue weighted by molar-refractivity contribution is 5.95. The summed E-state index contributed by atoms with van der Waals surface area (Å²) >= 11 is 0. The van der Waals surface area contributed by atoms with E-state index in [0.29, 0.717) is 17.8 Å². The van der Waals surface area contributed by atoms with Gasteiger partial charge in [-0.25, -0.2) is 14.8 Å². The summed E-state index contributed by atoms with van der Waals surface area (Å²) in [5, 5.41) is 26.0. The molecule has 5 atom stereocenters. The quantitative estimate of drug-likeness (QED) is 0.132. The molecule has 0 fully saturated rings. The Morgan fingerprint density at radius 1 is 0.865 bits per heavy atom. The average Bonchev–Trinajstić information content (AvgIpc) is 3.55. The Balaban J connectivity index is 2.21. The molecule has 0 radical (unpaired) electrons. The third kappa shape index (κ3) is 9.03. The summed E-state index contributed by atoms with van der Waals surface area (Å²) in [6.07, 6.45) is 5.14. The van der Waals surface area contributed by atoms with Crippen LogP contribution in [0.4, 0.5) is 0 Å². The molecule has 15 nitrogen and oxygen atoms in total. The maximum absolute atomic E-state index is 13.1. The number of carboxylic acids is 2. The number of nitrogens with one attached hydrogen (secondary N) is 5. The van der Waals surface area contributed by atoms with E-state index < -0.39 is 60.2 Å². The van der Waals surface area contributed by atoms with Gasteiger partial charge in [0.15, 0.2) is 0 Å². The fourth-order valence-corrected chi connectivity index (χ4v) is 3.35. The van der Waals surface area contributed by atoms with Gasteiger partial charge in [0.25, 0.3) is 0 Å². The zero-order chi connectivity index (χ0) is 27.5. The normalized spacial score (nSPS) is 15.0. The highest BCUT2D eigenvalue weighted by atomic mass is 16.4. The van der Waals surface area contributed by atoms with Crippen molar-refractivity contribution in [2.24, 2.45) is 11.7 Å². The van der Waals surface area contributed by atoms with Gasteiger partial charge in [-0.15, -0.1) is 0 Å². The summed E-state index contributed by atoms with van der Waals surface area (Å²) in [6.45, 7) is 3.57. The smallest absolute Gasteiger partial charge is 0.326 e. The van der Waals surface area contributed by atoms with E-state index in [2.05, 4.69) is 35.9 Å².